The van der Waals surface area contributed by atoms with E-state index in [4.69, 9.17) is 4.74 Å². The van der Waals surface area contributed by atoms with E-state index >= 15 is 0 Å². The molecule has 106 valence electrons. The van der Waals surface area contributed by atoms with E-state index in [-0.39, 0.29) is 0 Å². The number of hydrogen-bond donors (Lipinski definition) is 1. The first kappa shape index (κ1) is 14.3. The van der Waals surface area contributed by atoms with Gasteiger partial charge in [-0.15, -0.1) is 0 Å². The lowest BCUT2D eigenvalue weighted by molar-refractivity contribution is 0.456. The average molecular weight is 390 g/mol. The summed E-state index contributed by atoms with van der Waals surface area (Å²) in [4.78, 5) is 4.65. The van der Waals surface area contributed by atoms with Gasteiger partial charge < -0.3 is 10.1 Å². The number of hydrogen-bond acceptors (Lipinski definition) is 3. The van der Waals surface area contributed by atoms with Crippen LogP contribution in [0.5, 0.6) is 11.6 Å². The summed E-state index contributed by atoms with van der Waals surface area (Å²) in [5.74, 6) is 1.46. The Hall–Kier alpha value is -1.66. The zero-order valence-corrected chi connectivity index (χ0v) is 13.8. The summed E-state index contributed by atoms with van der Waals surface area (Å²) in [5.41, 5.74) is 1.99. The molecule has 21 heavy (non-hydrogen) atoms. The Kier molecular flexibility index (Phi) is 4.36. The van der Waals surface area contributed by atoms with Crippen LogP contribution in [0.3, 0.4) is 0 Å². The van der Waals surface area contributed by atoms with Crippen molar-refractivity contribution in [2.24, 2.45) is 0 Å². The highest BCUT2D eigenvalue weighted by Crippen LogP contribution is 2.27. The molecule has 0 unspecified atom stereocenters. The van der Waals surface area contributed by atoms with Gasteiger partial charge in [-0.05, 0) is 60.0 Å². The van der Waals surface area contributed by atoms with Gasteiger partial charge in [0, 0.05) is 21.1 Å². The third-order valence-corrected chi connectivity index (χ3v) is 3.81. The van der Waals surface area contributed by atoms with Crippen LogP contribution in [0.4, 0.5) is 0 Å². The van der Waals surface area contributed by atoms with Crippen molar-refractivity contribution in [2.75, 3.05) is 7.05 Å². The SMILES string of the molecule is CNCc1cc2ccccc2nc1Oc1cccc(I)c1. The van der Waals surface area contributed by atoms with Crippen LogP contribution in [0, 0.1) is 3.57 Å². The van der Waals surface area contributed by atoms with Gasteiger partial charge in [0.15, 0.2) is 0 Å². The van der Waals surface area contributed by atoms with Gasteiger partial charge in [-0.1, -0.05) is 24.3 Å². The minimum atomic E-state index is 0.657. The van der Waals surface area contributed by atoms with Crippen LogP contribution < -0.4 is 10.1 Å². The Morgan fingerprint density at radius 3 is 2.76 bits per heavy atom. The molecule has 1 heterocycles. The highest BCUT2D eigenvalue weighted by atomic mass is 127. The Morgan fingerprint density at radius 1 is 1.10 bits per heavy atom. The first-order chi connectivity index (χ1) is 10.3. The topological polar surface area (TPSA) is 34.2 Å². The van der Waals surface area contributed by atoms with Gasteiger partial charge in [0.1, 0.15) is 5.75 Å². The summed E-state index contributed by atoms with van der Waals surface area (Å²) in [5, 5.41) is 4.29. The van der Waals surface area contributed by atoms with Crippen molar-refractivity contribution in [3.05, 3.63) is 63.7 Å². The molecule has 2 aromatic carbocycles. The van der Waals surface area contributed by atoms with Crippen molar-refractivity contribution in [1.29, 1.82) is 0 Å². The Labute approximate surface area is 137 Å². The predicted octanol–water partition coefficient (Wildman–Crippen LogP) is 4.35. The standard InChI is InChI=1S/C17H15IN2O/c1-19-11-13-9-12-5-2-3-8-16(12)20-17(13)21-15-7-4-6-14(18)10-15/h2-10,19H,11H2,1H3. The number of nitrogens with one attached hydrogen (secondary N) is 1. The number of pyridine rings is 1. The predicted molar refractivity (Wildman–Crippen MR) is 93.7 cm³/mol. The maximum atomic E-state index is 6.00. The summed E-state index contributed by atoms with van der Waals surface area (Å²) in [6.07, 6.45) is 0. The monoisotopic (exact) mass is 390 g/mol. The molecule has 0 aliphatic heterocycles. The fourth-order valence-electron chi connectivity index (χ4n) is 2.19. The third kappa shape index (κ3) is 3.33. The third-order valence-electron chi connectivity index (χ3n) is 3.14. The molecular weight excluding hydrogens is 375 g/mol. The molecule has 0 aliphatic carbocycles. The highest BCUT2D eigenvalue weighted by Gasteiger charge is 2.09. The minimum Gasteiger partial charge on any atom is -0.439 e. The van der Waals surface area contributed by atoms with Crippen LogP contribution >= 0.6 is 22.6 Å². The lowest BCUT2D eigenvalue weighted by atomic mass is 10.1. The van der Waals surface area contributed by atoms with Crippen molar-refractivity contribution in [2.45, 2.75) is 6.54 Å². The maximum Gasteiger partial charge on any atom is 0.224 e. The van der Waals surface area contributed by atoms with E-state index in [1.54, 1.807) is 0 Å². The largest absolute Gasteiger partial charge is 0.439 e. The quantitative estimate of drug-likeness (QED) is 0.673. The summed E-state index contributed by atoms with van der Waals surface area (Å²) in [6.45, 7) is 0.719. The number of fused-ring (bicyclic) bond motifs is 1. The maximum absolute atomic E-state index is 6.00. The van der Waals surface area contributed by atoms with Crippen LogP contribution in [-0.2, 0) is 6.54 Å². The summed E-state index contributed by atoms with van der Waals surface area (Å²) in [7, 11) is 1.92. The van der Waals surface area contributed by atoms with Gasteiger partial charge in [0.2, 0.25) is 5.88 Å². The first-order valence-electron chi connectivity index (χ1n) is 6.73. The number of rotatable bonds is 4. The molecular formula is C17H15IN2O. The van der Waals surface area contributed by atoms with Crippen molar-refractivity contribution in [1.82, 2.24) is 10.3 Å². The Bertz CT molecular complexity index is 774. The molecule has 3 nitrogen and oxygen atoms in total. The number of para-hydroxylation sites is 1. The second-order valence-electron chi connectivity index (χ2n) is 4.74. The second kappa shape index (κ2) is 6.41. The molecule has 0 aliphatic rings. The van der Waals surface area contributed by atoms with Crippen LogP contribution in [0.1, 0.15) is 5.56 Å². The smallest absolute Gasteiger partial charge is 0.224 e. The van der Waals surface area contributed by atoms with Gasteiger partial charge in [-0.2, -0.15) is 0 Å². The summed E-state index contributed by atoms with van der Waals surface area (Å²) >= 11 is 2.27. The lowest BCUT2D eigenvalue weighted by Crippen LogP contribution is -2.07. The van der Waals surface area contributed by atoms with Gasteiger partial charge in [0.25, 0.3) is 0 Å². The van der Waals surface area contributed by atoms with E-state index < -0.39 is 0 Å². The molecule has 0 radical (unpaired) electrons. The molecule has 0 fully saturated rings. The van der Waals surface area contributed by atoms with Crippen LogP contribution in [0.2, 0.25) is 0 Å². The molecule has 3 rings (SSSR count). The zero-order valence-electron chi connectivity index (χ0n) is 11.6. The fraction of sp³-hybridized carbons (Fsp3) is 0.118. The van der Waals surface area contributed by atoms with Gasteiger partial charge in [-0.25, -0.2) is 4.98 Å². The van der Waals surface area contributed by atoms with Crippen molar-refractivity contribution < 1.29 is 4.74 Å². The number of ether oxygens (including phenoxy) is 1. The van der Waals surface area contributed by atoms with Crippen LogP contribution in [0.25, 0.3) is 10.9 Å². The normalized spacial score (nSPS) is 10.8. The molecule has 0 bridgehead atoms. The van der Waals surface area contributed by atoms with E-state index in [1.165, 1.54) is 0 Å². The molecule has 0 saturated carbocycles. The van der Waals surface area contributed by atoms with E-state index in [1.807, 2.05) is 49.5 Å². The molecule has 0 atom stereocenters. The number of nitrogens with zero attached hydrogens (tertiary/aromatic N) is 1. The van der Waals surface area contributed by atoms with Gasteiger partial charge >= 0.3 is 0 Å². The van der Waals surface area contributed by atoms with E-state index in [0.29, 0.717) is 5.88 Å². The molecule has 1 N–H and O–H groups in total. The first-order valence-corrected chi connectivity index (χ1v) is 7.81. The van der Waals surface area contributed by atoms with Crippen LogP contribution in [0.15, 0.2) is 54.6 Å². The Balaban J connectivity index is 2.04. The van der Waals surface area contributed by atoms with Crippen molar-refractivity contribution in [3.63, 3.8) is 0 Å². The van der Waals surface area contributed by atoms with E-state index in [0.717, 1.165) is 32.3 Å². The molecule has 0 saturated heterocycles. The van der Waals surface area contributed by atoms with Crippen molar-refractivity contribution >= 4 is 33.5 Å². The number of benzene rings is 2. The number of halogens is 1. The average Bonchev–Trinajstić information content (AvgIpc) is 2.48. The van der Waals surface area contributed by atoms with E-state index in [2.05, 4.69) is 45.0 Å². The molecule has 3 aromatic rings. The van der Waals surface area contributed by atoms with Crippen molar-refractivity contribution in [3.8, 4) is 11.6 Å². The number of aromatic nitrogens is 1. The van der Waals surface area contributed by atoms with E-state index in [9.17, 15) is 0 Å². The second-order valence-corrected chi connectivity index (χ2v) is 5.98. The fourth-order valence-corrected chi connectivity index (χ4v) is 2.70. The van der Waals surface area contributed by atoms with Crippen LogP contribution in [-0.4, -0.2) is 12.0 Å². The summed E-state index contributed by atoms with van der Waals surface area (Å²) in [6, 6.07) is 18.2. The Morgan fingerprint density at radius 2 is 1.95 bits per heavy atom. The lowest BCUT2D eigenvalue weighted by Gasteiger charge is -2.11. The zero-order chi connectivity index (χ0) is 14.7. The van der Waals surface area contributed by atoms with Gasteiger partial charge in [0.05, 0.1) is 5.52 Å². The van der Waals surface area contributed by atoms with Gasteiger partial charge in [-0.3, -0.25) is 0 Å². The molecule has 0 spiro atoms. The highest BCUT2D eigenvalue weighted by molar-refractivity contribution is 14.1. The summed E-state index contributed by atoms with van der Waals surface area (Å²) < 4.78 is 7.13. The molecule has 1 aromatic heterocycles. The molecule has 0 amide bonds. The minimum absolute atomic E-state index is 0.657. The molecule has 4 heteroatoms.